The van der Waals surface area contributed by atoms with Gasteiger partial charge in [-0.1, -0.05) is 24.3 Å². The normalized spacial score (nSPS) is 17.2. The van der Waals surface area contributed by atoms with Gasteiger partial charge in [0.25, 0.3) is 0 Å². The van der Waals surface area contributed by atoms with Gasteiger partial charge in [-0.15, -0.1) is 11.8 Å². The Labute approximate surface area is 153 Å². The van der Waals surface area contributed by atoms with E-state index in [0.29, 0.717) is 6.54 Å². The number of carbonyl (C=O) groups excluding carboxylic acids is 2. The van der Waals surface area contributed by atoms with Gasteiger partial charge >= 0.3 is 0 Å². The number of rotatable bonds is 4. The number of benzene rings is 2. The van der Waals surface area contributed by atoms with Crippen LogP contribution in [0.1, 0.15) is 6.42 Å². The molecule has 2 amide bonds. The molecule has 6 heteroatoms. The summed E-state index contributed by atoms with van der Waals surface area (Å²) in [6.07, 6.45) is 2.20. The number of thioether (sulfide) groups is 1. The summed E-state index contributed by atoms with van der Waals surface area (Å²) in [6.45, 7) is 0.398. The molecule has 1 N–H and O–H groups in total. The second-order valence-electron chi connectivity index (χ2n) is 5.55. The molecule has 0 saturated carbocycles. The molecule has 0 aliphatic carbocycles. The number of anilines is 2. The molecule has 1 aliphatic heterocycles. The van der Waals surface area contributed by atoms with Crippen LogP contribution >= 0.6 is 27.7 Å². The lowest BCUT2D eigenvalue weighted by molar-refractivity contribution is -0.122. The Bertz CT molecular complexity index is 781. The van der Waals surface area contributed by atoms with Crippen LogP contribution in [0.2, 0.25) is 0 Å². The standard InChI is InChI=1S/C18H17BrN2O2S/c1-24-16-9-5-3-7-14(16)20-18(23)12-10-17(22)21(11-12)15-8-4-2-6-13(15)19/h2-9,12H,10-11H2,1H3,(H,20,23)/t12-/m1/s1. The molecule has 3 rings (SSSR count). The molecule has 124 valence electrons. The number of carbonyl (C=O) groups is 2. The fourth-order valence-electron chi connectivity index (χ4n) is 2.77. The second-order valence-corrected chi connectivity index (χ2v) is 7.25. The van der Waals surface area contributed by atoms with Gasteiger partial charge in [0, 0.05) is 22.3 Å². The predicted octanol–water partition coefficient (Wildman–Crippen LogP) is 4.16. The number of hydrogen-bond acceptors (Lipinski definition) is 3. The molecule has 0 spiro atoms. The van der Waals surface area contributed by atoms with Gasteiger partial charge in [0.05, 0.1) is 17.3 Å². The number of hydrogen-bond donors (Lipinski definition) is 1. The molecule has 1 atom stereocenters. The molecule has 2 aromatic carbocycles. The zero-order chi connectivity index (χ0) is 17.1. The van der Waals surface area contributed by atoms with Gasteiger partial charge in [-0.05, 0) is 46.5 Å². The van der Waals surface area contributed by atoms with Crippen LogP contribution in [0.3, 0.4) is 0 Å². The Kier molecular flexibility index (Phi) is 5.26. The number of halogens is 1. The summed E-state index contributed by atoms with van der Waals surface area (Å²) in [5.41, 5.74) is 1.60. The molecule has 0 radical (unpaired) electrons. The van der Waals surface area contributed by atoms with E-state index in [9.17, 15) is 9.59 Å². The van der Waals surface area contributed by atoms with Crippen LogP contribution in [0.5, 0.6) is 0 Å². The van der Waals surface area contributed by atoms with E-state index in [1.165, 1.54) is 0 Å². The first kappa shape index (κ1) is 17.0. The van der Waals surface area contributed by atoms with Crippen LogP contribution in [0.15, 0.2) is 57.9 Å². The van der Waals surface area contributed by atoms with Crippen molar-refractivity contribution in [3.63, 3.8) is 0 Å². The third-order valence-electron chi connectivity index (χ3n) is 4.00. The molecule has 1 fully saturated rings. The third kappa shape index (κ3) is 3.49. The molecule has 2 aromatic rings. The molecule has 24 heavy (non-hydrogen) atoms. The van der Waals surface area contributed by atoms with Crippen molar-refractivity contribution < 1.29 is 9.59 Å². The van der Waals surface area contributed by atoms with E-state index < -0.39 is 0 Å². The van der Waals surface area contributed by atoms with Crippen LogP contribution in [-0.4, -0.2) is 24.6 Å². The first-order chi connectivity index (χ1) is 11.6. The van der Waals surface area contributed by atoms with E-state index >= 15 is 0 Å². The minimum absolute atomic E-state index is 0.0276. The van der Waals surface area contributed by atoms with Crippen molar-refractivity contribution in [2.75, 3.05) is 23.0 Å². The third-order valence-corrected chi connectivity index (χ3v) is 5.47. The predicted molar refractivity (Wildman–Crippen MR) is 101 cm³/mol. The summed E-state index contributed by atoms with van der Waals surface area (Å²) >= 11 is 5.05. The highest BCUT2D eigenvalue weighted by Crippen LogP contribution is 2.32. The van der Waals surface area contributed by atoms with Gasteiger partial charge < -0.3 is 10.2 Å². The summed E-state index contributed by atoms with van der Waals surface area (Å²) in [5.74, 6) is -0.487. The van der Waals surface area contributed by atoms with Crippen molar-refractivity contribution in [2.24, 2.45) is 5.92 Å². The van der Waals surface area contributed by atoms with E-state index in [0.717, 1.165) is 20.7 Å². The minimum Gasteiger partial charge on any atom is -0.325 e. The summed E-state index contributed by atoms with van der Waals surface area (Å²) < 4.78 is 0.854. The smallest absolute Gasteiger partial charge is 0.229 e. The SMILES string of the molecule is CSc1ccccc1NC(=O)[C@@H]1CC(=O)N(c2ccccc2Br)C1. The molecule has 0 aromatic heterocycles. The van der Waals surface area contributed by atoms with Crippen LogP contribution in [0.4, 0.5) is 11.4 Å². The van der Waals surface area contributed by atoms with Crippen LogP contribution in [0, 0.1) is 5.92 Å². The molecule has 1 saturated heterocycles. The first-order valence-electron chi connectivity index (χ1n) is 7.59. The summed E-state index contributed by atoms with van der Waals surface area (Å²) in [7, 11) is 0. The fourth-order valence-corrected chi connectivity index (χ4v) is 3.82. The average Bonchev–Trinajstić information content (AvgIpc) is 2.97. The molecular formula is C18H17BrN2O2S. The van der Waals surface area contributed by atoms with Crippen LogP contribution < -0.4 is 10.2 Å². The maximum absolute atomic E-state index is 12.6. The highest BCUT2D eigenvalue weighted by atomic mass is 79.9. The quantitative estimate of drug-likeness (QED) is 0.778. The van der Waals surface area contributed by atoms with E-state index in [4.69, 9.17) is 0 Å². The lowest BCUT2D eigenvalue weighted by atomic mass is 10.1. The molecule has 0 bridgehead atoms. The van der Waals surface area contributed by atoms with Gasteiger partial charge in [-0.3, -0.25) is 9.59 Å². The van der Waals surface area contributed by atoms with Crippen molar-refractivity contribution in [3.8, 4) is 0 Å². The maximum atomic E-state index is 12.6. The molecular weight excluding hydrogens is 388 g/mol. The zero-order valence-electron chi connectivity index (χ0n) is 13.2. The first-order valence-corrected chi connectivity index (χ1v) is 9.60. The minimum atomic E-state index is -0.348. The zero-order valence-corrected chi connectivity index (χ0v) is 15.6. The van der Waals surface area contributed by atoms with Crippen LogP contribution in [0.25, 0.3) is 0 Å². The Balaban J connectivity index is 1.74. The monoisotopic (exact) mass is 404 g/mol. The number of nitrogens with zero attached hydrogens (tertiary/aromatic N) is 1. The Morgan fingerprint density at radius 3 is 2.67 bits per heavy atom. The van der Waals surface area contributed by atoms with Gasteiger partial charge in [0.2, 0.25) is 11.8 Å². The summed E-state index contributed by atoms with van der Waals surface area (Å²) in [6, 6.07) is 15.2. The van der Waals surface area contributed by atoms with Gasteiger partial charge in [0.1, 0.15) is 0 Å². The number of amides is 2. The summed E-state index contributed by atoms with van der Waals surface area (Å²) in [4.78, 5) is 27.6. The lowest BCUT2D eigenvalue weighted by Gasteiger charge is -2.18. The van der Waals surface area contributed by atoms with E-state index in [1.54, 1.807) is 16.7 Å². The average molecular weight is 405 g/mol. The van der Waals surface area contributed by atoms with Crippen molar-refractivity contribution in [1.82, 2.24) is 0 Å². The second kappa shape index (κ2) is 7.40. The van der Waals surface area contributed by atoms with Gasteiger partial charge in [-0.2, -0.15) is 0 Å². The largest absolute Gasteiger partial charge is 0.325 e. The van der Waals surface area contributed by atoms with Crippen molar-refractivity contribution in [2.45, 2.75) is 11.3 Å². The fraction of sp³-hybridized carbons (Fsp3) is 0.222. The topological polar surface area (TPSA) is 49.4 Å². The van der Waals surface area contributed by atoms with Crippen molar-refractivity contribution >= 4 is 50.9 Å². The molecule has 4 nitrogen and oxygen atoms in total. The maximum Gasteiger partial charge on any atom is 0.229 e. The van der Waals surface area contributed by atoms with E-state index in [-0.39, 0.29) is 24.2 Å². The lowest BCUT2D eigenvalue weighted by Crippen LogP contribution is -2.28. The summed E-state index contributed by atoms with van der Waals surface area (Å²) in [5, 5.41) is 2.96. The Morgan fingerprint density at radius 1 is 1.21 bits per heavy atom. The van der Waals surface area contributed by atoms with Crippen molar-refractivity contribution in [1.29, 1.82) is 0 Å². The van der Waals surface area contributed by atoms with E-state index in [2.05, 4.69) is 21.2 Å². The van der Waals surface area contributed by atoms with Gasteiger partial charge in [0.15, 0.2) is 0 Å². The van der Waals surface area contributed by atoms with Gasteiger partial charge in [-0.25, -0.2) is 0 Å². The van der Waals surface area contributed by atoms with Crippen LogP contribution in [-0.2, 0) is 9.59 Å². The molecule has 1 heterocycles. The number of para-hydroxylation sites is 2. The highest BCUT2D eigenvalue weighted by Gasteiger charge is 2.35. The Hall–Kier alpha value is -1.79. The van der Waals surface area contributed by atoms with Crippen molar-refractivity contribution in [3.05, 3.63) is 53.0 Å². The molecule has 0 unspecified atom stereocenters. The highest BCUT2D eigenvalue weighted by molar-refractivity contribution is 9.10. The Morgan fingerprint density at radius 2 is 1.92 bits per heavy atom. The number of nitrogens with one attached hydrogen (secondary N) is 1. The molecule has 1 aliphatic rings. The van der Waals surface area contributed by atoms with E-state index in [1.807, 2.05) is 54.8 Å².